The van der Waals surface area contributed by atoms with Crippen molar-refractivity contribution in [1.82, 2.24) is 5.32 Å². The largest absolute Gasteiger partial charge is 0.351 e. The van der Waals surface area contributed by atoms with Gasteiger partial charge in [-0.1, -0.05) is 0 Å². The fraction of sp³-hybridized carbons (Fsp3) is 0.222. The molecule has 70 valence electrons. The topological polar surface area (TPSA) is 29.1 Å². The van der Waals surface area contributed by atoms with Crippen molar-refractivity contribution >= 4 is 40.1 Å². The molecular weight excluding hydrogens is 300 g/mol. The second kappa shape index (κ2) is 5.44. The zero-order valence-corrected chi connectivity index (χ0v) is 9.80. The molecule has 0 bridgehead atoms. The average Bonchev–Trinajstić information content (AvgIpc) is 2.15. The number of hydrogen-bond acceptors (Lipinski definition) is 1. The third-order valence-electron chi connectivity index (χ3n) is 1.49. The summed E-state index contributed by atoms with van der Waals surface area (Å²) in [6.07, 6.45) is 0. The van der Waals surface area contributed by atoms with Crippen LogP contribution in [0.25, 0.3) is 0 Å². The Balaban J connectivity index is 2.61. The standard InChI is InChI=1S/C9H9ClINO/c10-5-6-12-9(13)7-1-3-8(11)4-2-7/h1-4H,5-6H2,(H,12,13). The monoisotopic (exact) mass is 309 g/mol. The predicted octanol–water partition coefficient (Wildman–Crippen LogP) is 2.26. The van der Waals surface area contributed by atoms with E-state index in [9.17, 15) is 4.79 Å². The molecule has 4 heteroatoms. The van der Waals surface area contributed by atoms with Crippen molar-refractivity contribution < 1.29 is 4.79 Å². The molecule has 1 N–H and O–H groups in total. The van der Waals surface area contributed by atoms with Gasteiger partial charge in [-0.3, -0.25) is 4.79 Å². The minimum atomic E-state index is -0.0722. The van der Waals surface area contributed by atoms with Gasteiger partial charge in [0.15, 0.2) is 0 Å². The lowest BCUT2D eigenvalue weighted by Crippen LogP contribution is -2.25. The van der Waals surface area contributed by atoms with Crippen molar-refractivity contribution in [3.63, 3.8) is 0 Å². The van der Waals surface area contributed by atoms with Gasteiger partial charge in [0.25, 0.3) is 5.91 Å². The Labute approximate surface area is 95.8 Å². The zero-order chi connectivity index (χ0) is 9.68. The molecule has 0 spiro atoms. The van der Waals surface area contributed by atoms with E-state index in [1.165, 1.54) is 0 Å². The summed E-state index contributed by atoms with van der Waals surface area (Å²) in [5, 5.41) is 2.69. The Morgan fingerprint density at radius 2 is 2.00 bits per heavy atom. The molecular formula is C9H9ClINO. The van der Waals surface area contributed by atoms with E-state index >= 15 is 0 Å². The van der Waals surface area contributed by atoms with E-state index in [1.807, 2.05) is 12.1 Å². The molecule has 1 aromatic carbocycles. The highest BCUT2D eigenvalue weighted by molar-refractivity contribution is 14.1. The Morgan fingerprint density at radius 3 is 2.54 bits per heavy atom. The van der Waals surface area contributed by atoms with Crippen LogP contribution in [0.15, 0.2) is 24.3 Å². The first-order valence-corrected chi connectivity index (χ1v) is 5.45. The lowest BCUT2D eigenvalue weighted by Gasteiger charge is -2.02. The summed E-state index contributed by atoms with van der Waals surface area (Å²) in [4.78, 5) is 11.3. The lowest BCUT2D eigenvalue weighted by molar-refractivity contribution is 0.0956. The van der Waals surface area contributed by atoms with E-state index in [4.69, 9.17) is 11.6 Å². The van der Waals surface area contributed by atoms with Crippen LogP contribution < -0.4 is 5.32 Å². The smallest absolute Gasteiger partial charge is 0.251 e. The second-order valence-corrected chi connectivity index (χ2v) is 4.08. The van der Waals surface area contributed by atoms with Crippen LogP contribution in [0.2, 0.25) is 0 Å². The van der Waals surface area contributed by atoms with Crippen molar-refractivity contribution in [2.24, 2.45) is 0 Å². The minimum Gasteiger partial charge on any atom is -0.351 e. The molecule has 0 aliphatic heterocycles. The molecule has 0 aliphatic rings. The van der Waals surface area contributed by atoms with Crippen LogP contribution in [-0.2, 0) is 0 Å². The van der Waals surface area contributed by atoms with Crippen molar-refractivity contribution in [2.45, 2.75) is 0 Å². The van der Waals surface area contributed by atoms with Crippen LogP contribution >= 0.6 is 34.2 Å². The molecule has 1 amide bonds. The molecule has 2 nitrogen and oxygen atoms in total. The number of halogens is 2. The summed E-state index contributed by atoms with van der Waals surface area (Å²) in [7, 11) is 0. The molecule has 0 saturated heterocycles. The Morgan fingerprint density at radius 1 is 1.38 bits per heavy atom. The molecule has 1 aromatic rings. The Kier molecular flexibility index (Phi) is 4.52. The molecule has 0 fully saturated rings. The minimum absolute atomic E-state index is 0.0722. The van der Waals surface area contributed by atoms with Gasteiger partial charge in [-0.05, 0) is 46.9 Å². The van der Waals surface area contributed by atoms with Gasteiger partial charge in [0.2, 0.25) is 0 Å². The number of rotatable bonds is 3. The Bertz CT molecular complexity index is 286. The van der Waals surface area contributed by atoms with Crippen LogP contribution in [0.5, 0.6) is 0 Å². The highest BCUT2D eigenvalue weighted by atomic mass is 127. The molecule has 0 radical (unpaired) electrons. The summed E-state index contributed by atoms with van der Waals surface area (Å²) in [5.41, 5.74) is 0.672. The molecule has 0 heterocycles. The zero-order valence-electron chi connectivity index (χ0n) is 6.89. The van der Waals surface area contributed by atoms with E-state index in [0.717, 1.165) is 3.57 Å². The van der Waals surface area contributed by atoms with Crippen molar-refractivity contribution in [1.29, 1.82) is 0 Å². The van der Waals surface area contributed by atoms with Crippen molar-refractivity contribution in [3.8, 4) is 0 Å². The highest BCUT2D eigenvalue weighted by Gasteiger charge is 2.02. The first kappa shape index (κ1) is 10.8. The number of benzene rings is 1. The Hall–Kier alpha value is -0.290. The van der Waals surface area contributed by atoms with Crippen LogP contribution in [0, 0.1) is 3.57 Å². The number of nitrogens with one attached hydrogen (secondary N) is 1. The van der Waals surface area contributed by atoms with E-state index in [-0.39, 0.29) is 5.91 Å². The van der Waals surface area contributed by atoms with Crippen LogP contribution in [0.4, 0.5) is 0 Å². The number of carbonyl (C=O) groups is 1. The first-order chi connectivity index (χ1) is 6.24. The van der Waals surface area contributed by atoms with Gasteiger partial charge in [0, 0.05) is 21.6 Å². The summed E-state index contributed by atoms with van der Waals surface area (Å²) in [6, 6.07) is 7.39. The van der Waals surface area contributed by atoms with Crippen LogP contribution in [0.1, 0.15) is 10.4 Å². The van der Waals surface area contributed by atoms with E-state index in [1.54, 1.807) is 12.1 Å². The molecule has 0 aliphatic carbocycles. The molecule has 13 heavy (non-hydrogen) atoms. The molecule has 0 unspecified atom stereocenters. The number of amides is 1. The normalized spacial score (nSPS) is 9.69. The summed E-state index contributed by atoms with van der Waals surface area (Å²) in [5.74, 6) is 0.368. The lowest BCUT2D eigenvalue weighted by atomic mass is 10.2. The molecule has 0 saturated carbocycles. The third kappa shape index (κ3) is 3.52. The number of carbonyl (C=O) groups excluding carboxylic acids is 1. The third-order valence-corrected chi connectivity index (χ3v) is 2.39. The van der Waals surface area contributed by atoms with Gasteiger partial charge in [-0.2, -0.15) is 0 Å². The van der Waals surface area contributed by atoms with Crippen molar-refractivity contribution in [3.05, 3.63) is 33.4 Å². The number of hydrogen-bond donors (Lipinski definition) is 1. The summed E-state index contributed by atoms with van der Waals surface area (Å²) < 4.78 is 1.12. The SMILES string of the molecule is O=C(NCCCl)c1ccc(I)cc1. The fourth-order valence-corrected chi connectivity index (χ4v) is 1.32. The number of alkyl halides is 1. The summed E-state index contributed by atoms with van der Waals surface area (Å²) in [6.45, 7) is 0.506. The van der Waals surface area contributed by atoms with Gasteiger partial charge in [-0.25, -0.2) is 0 Å². The quantitative estimate of drug-likeness (QED) is 0.673. The predicted molar refractivity (Wildman–Crippen MR) is 62.2 cm³/mol. The summed E-state index contributed by atoms with van der Waals surface area (Å²) >= 11 is 7.64. The molecule has 0 atom stereocenters. The van der Waals surface area contributed by atoms with E-state index in [0.29, 0.717) is 18.0 Å². The average molecular weight is 310 g/mol. The fourth-order valence-electron chi connectivity index (χ4n) is 0.864. The van der Waals surface area contributed by atoms with Gasteiger partial charge < -0.3 is 5.32 Å². The van der Waals surface area contributed by atoms with E-state index in [2.05, 4.69) is 27.9 Å². The molecule has 1 rings (SSSR count). The van der Waals surface area contributed by atoms with Crippen LogP contribution in [0.3, 0.4) is 0 Å². The molecule has 0 aromatic heterocycles. The highest BCUT2D eigenvalue weighted by Crippen LogP contribution is 2.06. The maximum absolute atomic E-state index is 11.3. The van der Waals surface area contributed by atoms with E-state index < -0.39 is 0 Å². The maximum Gasteiger partial charge on any atom is 0.251 e. The van der Waals surface area contributed by atoms with Gasteiger partial charge >= 0.3 is 0 Å². The van der Waals surface area contributed by atoms with Gasteiger partial charge in [0.1, 0.15) is 0 Å². The van der Waals surface area contributed by atoms with Crippen LogP contribution in [-0.4, -0.2) is 18.3 Å². The second-order valence-electron chi connectivity index (χ2n) is 2.45. The van der Waals surface area contributed by atoms with Crippen molar-refractivity contribution in [2.75, 3.05) is 12.4 Å². The van der Waals surface area contributed by atoms with Gasteiger partial charge in [-0.15, -0.1) is 11.6 Å². The van der Waals surface area contributed by atoms with Gasteiger partial charge in [0.05, 0.1) is 0 Å². The first-order valence-electron chi connectivity index (χ1n) is 3.84. The maximum atomic E-state index is 11.3.